The first kappa shape index (κ1) is 21.2. The van der Waals surface area contributed by atoms with Gasteiger partial charge in [0, 0.05) is 33.4 Å². The smallest absolute Gasteiger partial charge is 0.190 e. The quantitative estimate of drug-likeness (QED) is 0.280. The molecule has 4 nitrogen and oxygen atoms in total. The van der Waals surface area contributed by atoms with Gasteiger partial charge in [-0.15, -0.1) is 24.0 Å². The molecule has 0 heterocycles. The standard InChI is InChI=1S/C17H29N3O.HI/c1-4-15-7-9-16(10-8-15)11-13-20-17(18-3)19-12-6-14-21-5-2;/h7-10H,4-6,11-14H2,1-3H3,(H2,18,19,20);1H. The number of aliphatic imine (C=N–C) groups is 1. The van der Waals surface area contributed by atoms with Crippen LogP contribution in [0.1, 0.15) is 31.4 Å². The fourth-order valence-electron chi connectivity index (χ4n) is 2.01. The lowest BCUT2D eigenvalue weighted by Gasteiger charge is -2.12. The molecule has 0 amide bonds. The van der Waals surface area contributed by atoms with Crippen molar-refractivity contribution in [3.05, 3.63) is 35.4 Å². The molecule has 0 atom stereocenters. The second-order valence-corrected chi connectivity index (χ2v) is 4.90. The first-order chi connectivity index (χ1) is 10.3. The Kier molecular flexibility index (Phi) is 13.3. The van der Waals surface area contributed by atoms with Gasteiger partial charge in [0.2, 0.25) is 0 Å². The minimum Gasteiger partial charge on any atom is -0.382 e. The number of ether oxygens (including phenoxy) is 1. The first-order valence-corrected chi connectivity index (χ1v) is 7.90. The summed E-state index contributed by atoms with van der Waals surface area (Å²) in [6.07, 6.45) is 3.09. The molecule has 0 unspecified atom stereocenters. The van der Waals surface area contributed by atoms with E-state index in [9.17, 15) is 0 Å². The van der Waals surface area contributed by atoms with Crippen LogP contribution in [0.25, 0.3) is 0 Å². The summed E-state index contributed by atoms with van der Waals surface area (Å²) in [5, 5.41) is 6.63. The summed E-state index contributed by atoms with van der Waals surface area (Å²) in [6.45, 7) is 7.54. The fraction of sp³-hybridized carbons (Fsp3) is 0.588. The molecule has 5 heteroatoms. The zero-order chi connectivity index (χ0) is 15.3. The summed E-state index contributed by atoms with van der Waals surface area (Å²) in [5.41, 5.74) is 2.74. The van der Waals surface area contributed by atoms with Gasteiger partial charge < -0.3 is 15.4 Å². The molecule has 1 aromatic rings. The number of hydrogen-bond acceptors (Lipinski definition) is 2. The van der Waals surface area contributed by atoms with Crippen molar-refractivity contribution in [2.75, 3.05) is 33.4 Å². The second-order valence-electron chi connectivity index (χ2n) is 4.90. The van der Waals surface area contributed by atoms with Gasteiger partial charge in [-0.1, -0.05) is 31.2 Å². The van der Waals surface area contributed by atoms with Crippen LogP contribution >= 0.6 is 24.0 Å². The molecular weight excluding hydrogens is 389 g/mol. The predicted octanol–water partition coefficient (Wildman–Crippen LogP) is 3.00. The maximum Gasteiger partial charge on any atom is 0.190 e. The van der Waals surface area contributed by atoms with Gasteiger partial charge in [-0.3, -0.25) is 4.99 Å². The van der Waals surface area contributed by atoms with Gasteiger partial charge in [0.15, 0.2) is 5.96 Å². The number of nitrogens with one attached hydrogen (secondary N) is 2. The minimum absolute atomic E-state index is 0. The molecule has 0 fully saturated rings. The molecule has 0 radical (unpaired) electrons. The molecule has 0 aromatic heterocycles. The Balaban J connectivity index is 0.00000441. The third kappa shape index (κ3) is 9.25. The lowest BCUT2D eigenvalue weighted by molar-refractivity contribution is 0.145. The van der Waals surface area contributed by atoms with E-state index >= 15 is 0 Å². The highest BCUT2D eigenvalue weighted by atomic mass is 127. The van der Waals surface area contributed by atoms with Crippen LogP contribution in [-0.2, 0) is 17.6 Å². The maximum absolute atomic E-state index is 5.31. The Morgan fingerprint density at radius 2 is 1.68 bits per heavy atom. The highest BCUT2D eigenvalue weighted by Crippen LogP contribution is 2.05. The summed E-state index contributed by atoms with van der Waals surface area (Å²) < 4.78 is 5.31. The first-order valence-electron chi connectivity index (χ1n) is 7.90. The SMILES string of the molecule is CCOCCCNC(=NC)NCCc1ccc(CC)cc1.I. The molecule has 22 heavy (non-hydrogen) atoms. The monoisotopic (exact) mass is 419 g/mol. The van der Waals surface area contributed by atoms with E-state index in [1.165, 1.54) is 11.1 Å². The number of nitrogens with zero attached hydrogens (tertiary/aromatic N) is 1. The van der Waals surface area contributed by atoms with E-state index in [0.717, 1.165) is 51.5 Å². The number of guanidine groups is 1. The summed E-state index contributed by atoms with van der Waals surface area (Å²) >= 11 is 0. The van der Waals surface area contributed by atoms with Crippen molar-refractivity contribution in [2.24, 2.45) is 4.99 Å². The Morgan fingerprint density at radius 3 is 2.27 bits per heavy atom. The Labute approximate surface area is 152 Å². The number of hydrogen-bond donors (Lipinski definition) is 2. The zero-order valence-electron chi connectivity index (χ0n) is 14.0. The largest absolute Gasteiger partial charge is 0.382 e. The van der Waals surface area contributed by atoms with Gasteiger partial charge >= 0.3 is 0 Å². The molecule has 2 N–H and O–H groups in total. The van der Waals surface area contributed by atoms with Crippen LogP contribution in [0.3, 0.4) is 0 Å². The van der Waals surface area contributed by atoms with Crippen LogP contribution in [0.15, 0.2) is 29.3 Å². The van der Waals surface area contributed by atoms with Gasteiger partial charge in [-0.05, 0) is 37.3 Å². The summed E-state index contributed by atoms with van der Waals surface area (Å²) in [5.74, 6) is 0.858. The van der Waals surface area contributed by atoms with Gasteiger partial charge in [0.25, 0.3) is 0 Å². The van der Waals surface area contributed by atoms with Crippen LogP contribution in [0.4, 0.5) is 0 Å². The molecule has 0 bridgehead atoms. The molecule has 0 spiro atoms. The van der Waals surface area contributed by atoms with Crippen LogP contribution in [0.5, 0.6) is 0 Å². The lowest BCUT2D eigenvalue weighted by atomic mass is 10.1. The highest BCUT2D eigenvalue weighted by Gasteiger charge is 1.98. The van der Waals surface area contributed by atoms with Crippen molar-refractivity contribution >= 4 is 29.9 Å². The van der Waals surface area contributed by atoms with Gasteiger partial charge in [-0.2, -0.15) is 0 Å². The van der Waals surface area contributed by atoms with Crippen molar-refractivity contribution in [3.63, 3.8) is 0 Å². The van der Waals surface area contributed by atoms with E-state index < -0.39 is 0 Å². The molecule has 0 saturated carbocycles. The zero-order valence-corrected chi connectivity index (χ0v) is 16.4. The molecule has 1 rings (SSSR count). The number of rotatable bonds is 9. The lowest BCUT2D eigenvalue weighted by Crippen LogP contribution is -2.39. The van der Waals surface area contributed by atoms with Gasteiger partial charge in [0.05, 0.1) is 0 Å². The van der Waals surface area contributed by atoms with E-state index in [1.807, 2.05) is 6.92 Å². The van der Waals surface area contributed by atoms with Crippen molar-refractivity contribution in [1.29, 1.82) is 0 Å². The molecule has 126 valence electrons. The van der Waals surface area contributed by atoms with Crippen molar-refractivity contribution in [3.8, 4) is 0 Å². The normalized spacial score (nSPS) is 11.0. The minimum atomic E-state index is 0. The highest BCUT2D eigenvalue weighted by molar-refractivity contribution is 14.0. The summed E-state index contributed by atoms with van der Waals surface area (Å²) in [6, 6.07) is 8.82. The van der Waals surface area contributed by atoms with E-state index in [0.29, 0.717) is 0 Å². The van der Waals surface area contributed by atoms with Crippen molar-refractivity contribution in [1.82, 2.24) is 10.6 Å². The van der Waals surface area contributed by atoms with Crippen LogP contribution in [-0.4, -0.2) is 39.3 Å². The van der Waals surface area contributed by atoms with Crippen molar-refractivity contribution < 1.29 is 4.74 Å². The third-order valence-corrected chi connectivity index (χ3v) is 3.32. The van der Waals surface area contributed by atoms with Crippen LogP contribution in [0, 0.1) is 0 Å². The Bertz CT molecular complexity index is 407. The van der Waals surface area contributed by atoms with E-state index in [-0.39, 0.29) is 24.0 Å². The molecule has 0 aliphatic rings. The van der Waals surface area contributed by atoms with Gasteiger partial charge in [0.1, 0.15) is 0 Å². The second kappa shape index (κ2) is 13.8. The predicted molar refractivity (Wildman–Crippen MR) is 105 cm³/mol. The van der Waals surface area contributed by atoms with Crippen molar-refractivity contribution in [2.45, 2.75) is 33.1 Å². The average molecular weight is 419 g/mol. The summed E-state index contributed by atoms with van der Waals surface area (Å²) in [4.78, 5) is 4.22. The van der Waals surface area contributed by atoms with Gasteiger partial charge in [-0.25, -0.2) is 0 Å². The molecule has 0 aliphatic heterocycles. The maximum atomic E-state index is 5.31. The number of aryl methyl sites for hydroxylation is 1. The molecule has 0 aliphatic carbocycles. The number of halogens is 1. The fourth-order valence-corrected chi connectivity index (χ4v) is 2.01. The van der Waals surface area contributed by atoms with Crippen LogP contribution in [0.2, 0.25) is 0 Å². The van der Waals surface area contributed by atoms with E-state index in [1.54, 1.807) is 7.05 Å². The number of benzene rings is 1. The average Bonchev–Trinajstić information content (AvgIpc) is 2.53. The summed E-state index contributed by atoms with van der Waals surface area (Å²) in [7, 11) is 1.80. The molecular formula is C17H30IN3O. The molecule has 0 saturated heterocycles. The van der Waals surface area contributed by atoms with E-state index in [4.69, 9.17) is 4.74 Å². The Hall–Kier alpha value is -0.820. The molecule has 1 aromatic carbocycles. The topological polar surface area (TPSA) is 45.6 Å². The van der Waals surface area contributed by atoms with E-state index in [2.05, 4.69) is 46.8 Å². The third-order valence-electron chi connectivity index (χ3n) is 3.32. The van der Waals surface area contributed by atoms with Crippen LogP contribution < -0.4 is 10.6 Å². The Morgan fingerprint density at radius 1 is 1.05 bits per heavy atom.